The third-order valence-electron chi connectivity index (χ3n) is 3.21. The van der Waals surface area contributed by atoms with Crippen molar-refractivity contribution in [3.05, 3.63) is 0 Å². The van der Waals surface area contributed by atoms with Crippen molar-refractivity contribution >= 4 is 5.97 Å². The first-order valence-corrected chi connectivity index (χ1v) is 4.12. The van der Waals surface area contributed by atoms with Crippen molar-refractivity contribution in [1.82, 2.24) is 0 Å². The topological polar surface area (TPSA) is 37.3 Å². The van der Waals surface area contributed by atoms with Crippen LogP contribution in [0.1, 0.15) is 25.7 Å². The van der Waals surface area contributed by atoms with Gasteiger partial charge >= 0.3 is 5.97 Å². The second kappa shape index (κ2) is 1.98. The second-order valence-corrected chi connectivity index (χ2v) is 3.79. The van der Waals surface area contributed by atoms with Crippen molar-refractivity contribution in [3.63, 3.8) is 0 Å². The van der Waals surface area contributed by atoms with Crippen LogP contribution in [0.25, 0.3) is 0 Å². The average molecular weight is 176 g/mol. The van der Waals surface area contributed by atoms with E-state index in [9.17, 15) is 13.6 Å². The molecule has 2 aliphatic carbocycles. The summed E-state index contributed by atoms with van der Waals surface area (Å²) in [5.74, 6) is -4.52. The Morgan fingerprint density at radius 2 is 1.92 bits per heavy atom. The molecule has 2 fully saturated rings. The van der Waals surface area contributed by atoms with Crippen molar-refractivity contribution < 1.29 is 18.7 Å². The van der Waals surface area contributed by atoms with Crippen molar-refractivity contribution in [1.29, 1.82) is 0 Å². The van der Waals surface area contributed by atoms with Crippen molar-refractivity contribution in [3.8, 4) is 0 Å². The molecule has 1 atom stereocenters. The van der Waals surface area contributed by atoms with Crippen molar-refractivity contribution in [2.24, 2.45) is 11.3 Å². The van der Waals surface area contributed by atoms with Gasteiger partial charge in [-0.25, -0.2) is 8.78 Å². The normalized spacial score (nSPS) is 38.8. The van der Waals surface area contributed by atoms with Crippen LogP contribution in [-0.4, -0.2) is 17.0 Å². The molecule has 2 nitrogen and oxygen atoms in total. The summed E-state index contributed by atoms with van der Waals surface area (Å²) in [5, 5.41) is 8.69. The molecule has 0 amide bonds. The number of carbonyl (C=O) groups is 1. The molecule has 1 N–H and O–H groups in total. The van der Waals surface area contributed by atoms with E-state index in [2.05, 4.69) is 0 Å². The van der Waals surface area contributed by atoms with Gasteiger partial charge in [0, 0.05) is 6.42 Å². The van der Waals surface area contributed by atoms with E-state index < -0.39 is 23.7 Å². The number of hydrogen-bond acceptors (Lipinski definition) is 1. The molecule has 0 aromatic heterocycles. The minimum atomic E-state index is -2.94. The summed E-state index contributed by atoms with van der Waals surface area (Å²) in [6.07, 6.45) is 1.76. The highest BCUT2D eigenvalue weighted by molar-refractivity contribution is 5.81. The lowest BCUT2D eigenvalue weighted by Crippen LogP contribution is -2.35. The highest BCUT2D eigenvalue weighted by Crippen LogP contribution is 2.68. The molecule has 68 valence electrons. The molecule has 4 heteroatoms. The quantitative estimate of drug-likeness (QED) is 0.697. The first kappa shape index (κ1) is 7.95. The second-order valence-electron chi connectivity index (χ2n) is 3.79. The van der Waals surface area contributed by atoms with Crippen molar-refractivity contribution in [2.75, 3.05) is 0 Å². The molecule has 0 spiro atoms. The Balaban J connectivity index is 2.20. The summed E-state index contributed by atoms with van der Waals surface area (Å²) in [6, 6.07) is 0. The fourth-order valence-corrected chi connectivity index (χ4v) is 2.06. The zero-order valence-corrected chi connectivity index (χ0v) is 6.52. The van der Waals surface area contributed by atoms with Crippen LogP contribution in [0.15, 0.2) is 0 Å². The van der Waals surface area contributed by atoms with Crippen LogP contribution < -0.4 is 0 Å². The molecule has 0 heterocycles. The Labute approximate surface area is 68.6 Å². The largest absolute Gasteiger partial charge is 0.481 e. The minimum absolute atomic E-state index is 0.273. The van der Waals surface area contributed by atoms with Crippen LogP contribution in [0.2, 0.25) is 0 Å². The number of hydrogen-bond donors (Lipinski definition) is 1. The number of rotatable bonds is 2. The number of alkyl halides is 2. The monoisotopic (exact) mass is 176 g/mol. The molecular formula is C8H10F2O2. The smallest absolute Gasteiger partial charge is 0.316 e. The van der Waals surface area contributed by atoms with Gasteiger partial charge in [-0.1, -0.05) is 6.42 Å². The summed E-state index contributed by atoms with van der Waals surface area (Å²) in [7, 11) is 0. The maximum atomic E-state index is 12.8. The van der Waals surface area contributed by atoms with Crippen LogP contribution in [0.4, 0.5) is 8.78 Å². The third-order valence-corrected chi connectivity index (χ3v) is 3.21. The molecule has 0 saturated heterocycles. The van der Waals surface area contributed by atoms with Crippen LogP contribution in [0.5, 0.6) is 0 Å². The van der Waals surface area contributed by atoms with Crippen LogP contribution in [0.3, 0.4) is 0 Å². The molecule has 0 radical (unpaired) electrons. The molecule has 0 bridgehead atoms. The van der Waals surface area contributed by atoms with E-state index in [0.717, 1.165) is 6.42 Å². The van der Waals surface area contributed by atoms with E-state index in [4.69, 9.17) is 5.11 Å². The van der Waals surface area contributed by atoms with Gasteiger partial charge in [0.1, 0.15) is 5.41 Å². The first-order valence-electron chi connectivity index (χ1n) is 4.12. The van der Waals surface area contributed by atoms with E-state index in [0.29, 0.717) is 12.8 Å². The van der Waals surface area contributed by atoms with Gasteiger partial charge in [-0.2, -0.15) is 0 Å². The highest BCUT2D eigenvalue weighted by Gasteiger charge is 2.79. The molecular weight excluding hydrogens is 166 g/mol. The van der Waals surface area contributed by atoms with Gasteiger partial charge in [0.2, 0.25) is 0 Å². The number of carboxylic acids is 1. The Bertz CT molecular complexity index is 235. The lowest BCUT2D eigenvalue weighted by atomic mass is 9.73. The molecule has 12 heavy (non-hydrogen) atoms. The SMILES string of the molecule is O=C(O)C1(C2CCC2)CC1(F)F. The Kier molecular flexibility index (Phi) is 1.31. The highest BCUT2D eigenvalue weighted by atomic mass is 19.3. The van der Waals surface area contributed by atoms with Crippen molar-refractivity contribution in [2.45, 2.75) is 31.6 Å². The van der Waals surface area contributed by atoms with Gasteiger partial charge in [0.25, 0.3) is 5.92 Å². The van der Waals surface area contributed by atoms with Gasteiger partial charge in [0.05, 0.1) is 0 Å². The summed E-state index contributed by atoms with van der Waals surface area (Å²) < 4.78 is 25.6. The van der Waals surface area contributed by atoms with E-state index in [1.54, 1.807) is 0 Å². The molecule has 2 aliphatic rings. The van der Waals surface area contributed by atoms with Crippen LogP contribution in [0, 0.1) is 11.3 Å². The Morgan fingerprint density at radius 1 is 1.42 bits per heavy atom. The predicted molar refractivity (Wildman–Crippen MR) is 37.0 cm³/mol. The van der Waals surface area contributed by atoms with Crippen LogP contribution in [-0.2, 0) is 4.79 Å². The van der Waals surface area contributed by atoms with E-state index in [1.165, 1.54) is 0 Å². The molecule has 1 unspecified atom stereocenters. The fourth-order valence-electron chi connectivity index (χ4n) is 2.06. The molecule has 2 saturated carbocycles. The van der Waals surface area contributed by atoms with Gasteiger partial charge in [-0.3, -0.25) is 4.79 Å². The number of carboxylic acid groups (broad SMARTS) is 1. The Morgan fingerprint density at radius 3 is 2.00 bits per heavy atom. The zero-order valence-electron chi connectivity index (χ0n) is 6.52. The molecule has 0 aromatic carbocycles. The minimum Gasteiger partial charge on any atom is -0.481 e. The van der Waals surface area contributed by atoms with Crippen LogP contribution >= 0.6 is 0 Å². The Hall–Kier alpha value is -0.670. The van der Waals surface area contributed by atoms with E-state index in [-0.39, 0.29) is 5.92 Å². The first-order chi connectivity index (χ1) is 5.51. The van der Waals surface area contributed by atoms with E-state index >= 15 is 0 Å². The summed E-state index contributed by atoms with van der Waals surface area (Å²) in [5.41, 5.74) is -1.68. The molecule has 0 aromatic rings. The van der Waals surface area contributed by atoms with Gasteiger partial charge < -0.3 is 5.11 Å². The van der Waals surface area contributed by atoms with Gasteiger partial charge in [-0.05, 0) is 18.8 Å². The predicted octanol–water partition coefficient (Wildman–Crippen LogP) is 1.90. The summed E-state index contributed by atoms with van der Waals surface area (Å²) >= 11 is 0. The zero-order chi connectivity index (χ0) is 8.98. The number of halogens is 2. The number of aliphatic carboxylic acids is 1. The summed E-state index contributed by atoms with van der Waals surface area (Å²) in [6.45, 7) is 0. The van der Waals surface area contributed by atoms with Gasteiger partial charge in [-0.15, -0.1) is 0 Å². The lowest BCUT2D eigenvalue weighted by Gasteiger charge is -2.31. The van der Waals surface area contributed by atoms with E-state index in [1.807, 2.05) is 0 Å². The fraction of sp³-hybridized carbons (Fsp3) is 0.875. The molecule has 0 aliphatic heterocycles. The standard InChI is InChI=1S/C8H10F2O2/c9-8(10)4-7(8,6(11)12)5-2-1-3-5/h5H,1-4H2,(H,11,12). The third kappa shape index (κ3) is 0.704. The lowest BCUT2D eigenvalue weighted by molar-refractivity contribution is -0.153. The maximum Gasteiger partial charge on any atom is 0.316 e. The van der Waals surface area contributed by atoms with Gasteiger partial charge in [0.15, 0.2) is 0 Å². The average Bonchev–Trinajstić information content (AvgIpc) is 2.31. The maximum absolute atomic E-state index is 12.8. The summed E-state index contributed by atoms with van der Waals surface area (Å²) in [4.78, 5) is 10.7. The molecule has 2 rings (SSSR count).